The number of benzene rings is 2. The van der Waals surface area contributed by atoms with Crippen molar-refractivity contribution in [3.63, 3.8) is 0 Å². The Labute approximate surface area is 201 Å². The average Bonchev–Trinajstić information content (AvgIpc) is 2.85. The Morgan fingerprint density at radius 2 is 1.32 bits per heavy atom. The maximum absolute atomic E-state index is 12.2. The van der Waals surface area contributed by atoms with Crippen LogP contribution in [-0.4, -0.2) is 30.9 Å². The van der Waals surface area contributed by atoms with Crippen molar-refractivity contribution < 1.29 is 23.9 Å². The first-order valence-corrected chi connectivity index (χ1v) is 11.9. The summed E-state index contributed by atoms with van der Waals surface area (Å²) < 4.78 is 11.0. The van der Waals surface area contributed by atoms with Crippen LogP contribution in [0.3, 0.4) is 0 Å². The van der Waals surface area contributed by atoms with E-state index in [4.69, 9.17) is 9.47 Å². The lowest BCUT2D eigenvalue weighted by Crippen LogP contribution is -2.41. The Hall–Kier alpha value is -3.55. The van der Waals surface area contributed by atoms with Gasteiger partial charge >= 0.3 is 0 Å². The van der Waals surface area contributed by atoms with Gasteiger partial charge < -0.3 is 14.8 Å². The van der Waals surface area contributed by atoms with Crippen LogP contribution >= 0.6 is 0 Å². The van der Waals surface area contributed by atoms with Crippen molar-refractivity contribution in [1.82, 2.24) is 10.9 Å². The Bertz CT molecular complexity index is 898. The molecular weight excluding hydrogens is 434 g/mol. The van der Waals surface area contributed by atoms with E-state index < -0.39 is 11.8 Å². The Morgan fingerprint density at radius 1 is 0.706 bits per heavy atom. The maximum Gasteiger partial charge on any atom is 0.269 e. The van der Waals surface area contributed by atoms with Crippen LogP contribution in [0.15, 0.2) is 48.5 Å². The fourth-order valence-corrected chi connectivity index (χ4v) is 3.11. The summed E-state index contributed by atoms with van der Waals surface area (Å²) >= 11 is 0. The highest BCUT2D eigenvalue weighted by molar-refractivity contribution is 5.96. The van der Waals surface area contributed by atoms with E-state index in [0.717, 1.165) is 18.6 Å². The first-order chi connectivity index (χ1) is 16.5. The molecule has 0 aliphatic carbocycles. The van der Waals surface area contributed by atoms with Crippen molar-refractivity contribution in [1.29, 1.82) is 0 Å². The van der Waals surface area contributed by atoms with Crippen molar-refractivity contribution in [2.75, 3.05) is 18.5 Å². The molecule has 0 heterocycles. The highest BCUT2D eigenvalue weighted by Gasteiger charge is 2.10. The van der Waals surface area contributed by atoms with E-state index in [1.54, 1.807) is 48.5 Å². The van der Waals surface area contributed by atoms with Crippen LogP contribution in [-0.2, 0) is 9.59 Å². The molecule has 0 spiro atoms. The highest BCUT2D eigenvalue weighted by atomic mass is 16.5. The SMILES string of the molecule is CCCCCCCOc1ccc(C(=O)NNC(=O)CCC(=O)Nc2ccc(OCC)cc2)cc1. The minimum Gasteiger partial charge on any atom is -0.494 e. The van der Waals surface area contributed by atoms with Gasteiger partial charge in [0, 0.05) is 24.1 Å². The van der Waals surface area contributed by atoms with Gasteiger partial charge in [0.1, 0.15) is 11.5 Å². The van der Waals surface area contributed by atoms with Gasteiger partial charge in [-0.2, -0.15) is 0 Å². The lowest BCUT2D eigenvalue weighted by molar-refractivity contribution is -0.124. The predicted octanol–water partition coefficient (Wildman–Crippen LogP) is 4.61. The van der Waals surface area contributed by atoms with Crippen LogP contribution in [0.25, 0.3) is 0 Å². The quantitative estimate of drug-likeness (QED) is 0.277. The van der Waals surface area contributed by atoms with E-state index in [1.807, 2.05) is 6.92 Å². The van der Waals surface area contributed by atoms with Crippen LogP contribution in [0, 0.1) is 0 Å². The minimum absolute atomic E-state index is 0.0145. The lowest BCUT2D eigenvalue weighted by Gasteiger charge is -2.09. The third kappa shape index (κ3) is 10.4. The second kappa shape index (κ2) is 15.3. The molecule has 0 atom stereocenters. The Morgan fingerprint density at radius 3 is 2.00 bits per heavy atom. The molecule has 0 bridgehead atoms. The second-order valence-corrected chi connectivity index (χ2v) is 7.79. The van der Waals surface area contributed by atoms with Gasteiger partial charge in [-0.3, -0.25) is 25.2 Å². The van der Waals surface area contributed by atoms with Gasteiger partial charge in [-0.15, -0.1) is 0 Å². The number of carbonyl (C=O) groups is 3. The van der Waals surface area contributed by atoms with Gasteiger partial charge in [0.05, 0.1) is 13.2 Å². The third-order valence-corrected chi connectivity index (χ3v) is 4.98. The molecule has 0 fully saturated rings. The summed E-state index contributed by atoms with van der Waals surface area (Å²) in [7, 11) is 0. The standard InChI is InChI=1S/C26H35N3O5/c1-3-5-6-7-8-19-34-23-13-9-20(10-14-23)26(32)29-28-25(31)18-17-24(30)27-21-11-15-22(16-12-21)33-4-2/h9-16H,3-8,17-19H2,1-2H3,(H,27,30)(H,28,31)(H,29,32). The van der Waals surface area contributed by atoms with Crippen LogP contribution < -0.4 is 25.6 Å². The number of carbonyl (C=O) groups excluding carboxylic acids is 3. The summed E-state index contributed by atoms with van der Waals surface area (Å²) in [6, 6.07) is 13.7. The fourth-order valence-electron chi connectivity index (χ4n) is 3.11. The monoisotopic (exact) mass is 469 g/mol. The highest BCUT2D eigenvalue weighted by Crippen LogP contribution is 2.16. The Kier molecular flexibility index (Phi) is 12.0. The molecule has 8 nitrogen and oxygen atoms in total. The average molecular weight is 470 g/mol. The number of amides is 3. The van der Waals surface area contributed by atoms with Gasteiger partial charge in [0.2, 0.25) is 11.8 Å². The molecule has 0 aliphatic rings. The molecule has 8 heteroatoms. The lowest BCUT2D eigenvalue weighted by atomic mass is 10.2. The molecule has 2 aromatic carbocycles. The smallest absolute Gasteiger partial charge is 0.269 e. The molecule has 0 saturated heterocycles. The first-order valence-electron chi connectivity index (χ1n) is 11.9. The minimum atomic E-state index is -0.460. The van der Waals surface area contributed by atoms with E-state index in [2.05, 4.69) is 23.1 Å². The summed E-state index contributed by atoms with van der Waals surface area (Å²) in [4.78, 5) is 36.2. The van der Waals surface area contributed by atoms with Crippen LogP contribution in [0.2, 0.25) is 0 Å². The molecule has 0 aliphatic heterocycles. The number of unbranched alkanes of at least 4 members (excludes halogenated alkanes) is 4. The van der Waals surface area contributed by atoms with Gasteiger partial charge in [-0.05, 0) is 61.9 Å². The summed E-state index contributed by atoms with van der Waals surface area (Å²) in [6.07, 6.45) is 5.76. The molecule has 0 radical (unpaired) electrons. The zero-order valence-electron chi connectivity index (χ0n) is 20.0. The normalized spacial score (nSPS) is 10.3. The number of hydrogen-bond donors (Lipinski definition) is 3. The molecule has 0 aromatic heterocycles. The number of hydrazine groups is 1. The summed E-state index contributed by atoms with van der Waals surface area (Å²) in [5.74, 6) is 0.216. The topological polar surface area (TPSA) is 106 Å². The zero-order chi connectivity index (χ0) is 24.6. The number of anilines is 1. The van der Waals surface area contributed by atoms with Crippen molar-refractivity contribution in [2.24, 2.45) is 0 Å². The maximum atomic E-state index is 12.2. The molecular formula is C26H35N3O5. The summed E-state index contributed by atoms with van der Waals surface area (Å²) in [5.41, 5.74) is 5.69. The molecule has 3 N–H and O–H groups in total. The van der Waals surface area contributed by atoms with E-state index in [9.17, 15) is 14.4 Å². The summed E-state index contributed by atoms with van der Waals surface area (Å²) in [6.45, 7) is 5.30. The molecule has 0 saturated carbocycles. The fraction of sp³-hybridized carbons (Fsp3) is 0.423. The first kappa shape index (κ1) is 26.7. The van der Waals surface area contributed by atoms with Crippen LogP contribution in [0.5, 0.6) is 11.5 Å². The number of nitrogens with one attached hydrogen (secondary N) is 3. The van der Waals surface area contributed by atoms with E-state index in [1.165, 1.54) is 19.3 Å². The van der Waals surface area contributed by atoms with E-state index in [-0.39, 0.29) is 18.7 Å². The molecule has 2 aromatic rings. The molecule has 2 rings (SSSR count). The molecule has 34 heavy (non-hydrogen) atoms. The number of ether oxygens (including phenoxy) is 2. The predicted molar refractivity (Wildman–Crippen MR) is 132 cm³/mol. The summed E-state index contributed by atoms with van der Waals surface area (Å²) in [5, 5.41) is 2.72. The second-order valence-electron chi connectivity index (χ2n) is 7.79. The van der Waals surface area contributed by atoms with Gasteiger partial charge in [-0.25, -0.2) is 0 Å². The van der Waals surface area contributed by atoms with Crippen LogP contribution in [0.4, 0.5) is 5.69 Å². The largest absolute Gasteiger partial charge is 0.494 e. The van der Waals surface area contributed by atoms with E-state index >= 15 is 0 Å². The van der Waals surface area contributed by atoms with Crippen molar-refractivity contribution in [2.45, 2.75) is 58.8 Å². The van der Waals surface area contributed by atoms with Crippen molar-refractivity contribution >= 4 is 23.4 Å². The molecule has 3 amide bonds. The van der Waals surface area contributed by atoms with Gasteiger partial charge in [0.15, 0.2) is 0 Å². The number of rotatable bonds is 14. The van der Waals surface area contributed by atoms with Crippen molar-refractivity contribution in [3.05, 3.63) is 54.1 Å². The Balaban J connectivity index is 1.64. The molecule has 0 unspecified atom stereocenters. The van der Waals surface area contributed by atoms with E-state index in [0.29, 0.717) is 30.2 Å². The number of hydrogen-bond acceptors (Lipinski definition) is 5. The molecule has 184 valence electrons. The van der Waals surface area contributed by atoms with Gasteiger partial charge in [-0.1, -0.05) is 32.6 Å². The van der Waals surface area contributed by atoms with Gasteiger partial charge in [0.25, 0.3) is 5.91 Å². The third-order valence-electron chi connectivity index (χ3n) is 4.98. The zero-order valence-corrected chi connectivity index (χ0v) is 20.0. The van der Waals surface area contributed by atoms with Crippen LogP contribution in [0.1, 0.15) is 69.2 Å². The van der Waals surface area contributed by atoms with Crippen molar-refractivity contribution in [3.8, 4) is 11.5 Å².